The third kappa shape index (κ3) is 4.89. The molecule has 0 amide bonds. The van der Waals surface area contributed by atoms with Gasteiger partial charge >= 0.3 is 6.16 Å². The molecule has 1 aromatic rings. The second-order valence-electron chi connectivity index (χ2n) is 5.27. The summed E-state index contributed by atoms with van der Waals surface area (Å²) < 4.78 is 4.55. The minimum absolute atomic E-state index is 0.167. The largest absolute Gasteiger partial charge is 0.512 e. The first-order valence-electron chi connectivity index (χ1n) is 7.10. The van der Waals surface area contributed by atoms with Crippen molar-refractivity contribution in [2.24, 2.45) is 5.92 Å². The molecule has 1 aliphatic carbocycles. The Morgan fingerprint density at radius 2 is 2.16 bits per heavy atom. The summed E-state index contributed by atoms with van der Waals surface area (Å²) in [7, 11) is 0. The smallest absolute Gasteiger partial charge is 0.449 e. The molecule has 0 saturated heterocycles. The number of aromatic nitrogens is 1. The van der Waals surface area contributed by atoms with Crippen LogP contribution in [-0.2, 0) is 6.42 Å². The van der Waals surface area contributed by atoms with E-state index in [1.807, 2.05) is 6.07 Å². The molecular formula is C15H21NO3. The van der Waals surface area contributed by atoms with Crippen LogP contribution < -0.4 is 4.74 Å². The minimum atomic E-state index is -1.31. The summed E-state index contributed by atoms with van der Waals surface area (Å²) in [5, 5.41) is 8.53. The van der Waals surface area contributed by atoms with E-state index >= 15 is 0 Å². The highest BCUT2D eigenvalue weighted by molar-refractivity contribution is 5.60. The van der Waals surface area contributed by atoms with Crippen LogP contribution >= 0.6 is 0 Å². The summed E-state index contributed by atoms with van der Waals surface area (Å²) in [5.41, 5.74) is 1.10. The van der Waals surface area contributed by atoms with Crippen molar-refractivity contribution in [1.82, 2.24) is 4.98 Å². The molecule has 0 atom stereocenters. The molecule has 0 radical (unpaired) electrons. The molecule has 1 N–H and O–H groups in total. The highest BCUT2D eigenvalue weighted by atomic mass is 16.7. The second kappa shape index (κ2) is 7.12. The number of hydrogen-bond donors (Lipinski definition) is 1. The van der Waals surface area contributed by atoms with E-state index in [1.165, 1.54) is 38.5 Å². The zero-order chi connectivity index (χ0) is 13.5. The van der Waals surface area contributed by atoms with Gasteiger partial charge in [-0.3, -0.25) is 0 Å². The van der Waals surface area contributed by atoms with Gasteiger partial charge in [-0.05, 0) is 30.4 Å². The summed E-state index contributed by atoms with van der Waals surface area (Å²) in [5.74, 6) is 1.11. The molecule has 104 valence electrons. The fraction of sp³-hybridized carbons (Fsp3) is 0.600. The van der Waals surface area contributed by atoms with Crippen molar-refractivity contribution in [2.75, 3.05) is 0 Å². The Morgan fingerprint density at radius 1 is 1.37 bits per heavy atom. The van der Waals surface area contributed by atoms with Crippen LogP contribution in [0, 0.1) is 5.92 Å². The Labute approximate surface area is 113 Å². The first-order valence-corrected chi connectivity index (χ1v) is 7.10. The van der Waals surface area contributed by atoms with Crippen LogP contribution in [0.15, 0.2) is 18.3 Å². The SMILES string of the molecule is O=C(O)Oc1cc(CCCCC2CCCC2)ccn1. The fourth-order valence-corrected chi connectivity index (χ4v) is 2.81. The van der Waals surface area contributed by atoms with Crippen LogP contribution in [0.3, 0.4) is 0 Å². The van der Waals surface area contributed by atoms with Crippen molar-refractivity contribution >= 4 is 6.16 Å². The van der Waals surface area contributed by atoms with Crippen LogP contribution in [0.5, 0.6) is 5.88 Å². The average Bonchev–Trinajstić information content (AvgIpc) is 2.87. The van der Waals surface area contributed by atoms with Gasteiger partial charge in [0.05, 0.1) is 0 Å². The van der Waals surface area contributed by atoms with E-state index in [1.54, 1.807) is 12.3 Å². The summed E-state index contributed by atoms with van der Waals surface area (Å²) in [6, 6.07) is 3.63. The molecule has 0 aliphatic heterocycles. The molecule has 0 spiro atoms. The molecule has 1 saturated carbocycles. The van der Waals surface area contributed by atoms with Crippen molar-refractivity contribution in [3.8, 4) is 5.88 Å². The van der Waals surface area contributed by atoms with E-state index in [9.17, 15) is 4.79 Å². The van der Waals surface area contributed by atoms with E-state index < -0.39 is 6.16 Å². The topological polar surface area (TPSA) is 59.4 Å². The number of unbranched alkanes of at least 4 members (excludes halogenated alkanes) is 1. The lowest BCUT2D eigenvalue weighted by Crippen LogP contribution is -2.04. The quantitative estimate of drug-likeness (QED) is 0.621. The third-order valence-corrected chi connectivity index (χ3v) is 3.79. The Morgan fingerprint density at radius 3 is 2.89 bits per heavy atom. The van der Waals surface area contributed by atoms with E-state index in [0.717, 1.165) is 24.3 Å². The predicted molar refractivity (Wildman–Crippen MR) is 72.4 cm³/mol. The maximum atomic E-state index is 10.4. The number of nitrogens with zero attached hydrogens (tertiary/aromatic N) is 1. The Kier molecular flexibility index (Phi) is 5.19. The van der Waals surface area contributed by atoms with E-state index in [0.29, 0.717) is 0 Å². The van der Waals surface area contributed by atoms with Crippen LogP contribution in [0.25, 0.3) is 0 Å². The van der Waals surface area contributed by atoms with Gasteiger partial charge in [-0.2, -0.15) is 0 Å². The van der Waals surface area contributed by atoms with Crippen LogP contribution in [0.1, 0.15) is 50.5 Å². The van der Waals surface area contributed by atoms with Gasteiger partial charge in [0, 0.05) is 12.3 Å². The maximum absolute atomic E-state index is 10.4. The first-order chi connectivity index (χ1) is 9.24. The van der Waals surface area contributed by atoms with E-state index in [4.69, 9.17) is 5.11 Å². The molecule has 1 aromatic heterocycles. The zero-order valence-corrected chi connectivity index (χ0v) is 11.2. The lowest BCUT2D eigenvalue weighted by atomic mass is 9.99. The van der Waals surface area contributed by atoms with Gasteiger partial charge in [0.2, 0.25) is 5.88 Å². The number of carbonyl (C=O) groups is 1. The fourth-order valence-electron chi connectivity index (χ4n) is 2.81. The van der Waals surface area contributed by atoms with Gasteiger partial charge in [0.25, 0.3) is 0 Å². The molecule has 2 rings (SSSR count). The number of pyridine rings is 1. The van der Waals surface area contributed by atoms with Crippen molar-refractivity contribution in [2.45, 2.75) is 51.4 Å². The van der Waals surface area contributed by atoms with Crippen molar-refractivity contribution in [3.05, 3.63) is 23.9 Å². The molecule has 19 heavy (non-hydrogen) atoms. The highest BCUT2D eigenvalue weighted by Gasteiger charge is 2.13. The molecule has 1 fully saturated rings. The maximum Gasteiger partial charge on any atom is 0.512 e. The minimum Gasteiger partial charge on any atom is -0.449 e. The van der Waals surface area contributed by atoms with Gasteiger partial charge in [-0.15, -0.1) is 0 Å². The molecular weight excluding hydrogens is 242 g/mol. The van der Waals surface area contributed by atoms with Gasteiger partial charge in [0.15, 0.2) is 0 Å². The van der Waals surface area contributed by atoms with Crippen LogP contribution in [0.4, 0.5) is 4.79 Å². The van der Waals surface area contributed by atoms with Gasteiger partial charge in [-0.25, -0.2) is 9.78 Å². The van der Waals surface area contributed by atoms with Gasteiger partial charge < -0.3 is 9.84 Å². The summed E-state index contributed by atoms with van der Waals surface area (Å²) in [6.45, 7) is 0. The monoisotopic (exact) mass is 263 g/mol. The number of rotatable bonds is 6. The first kappa shape index (κ1) is 13.8. The lowest BCUT2D eigenvalue weighted by molar-refractivity contribution is 0.142. The molecule has 0 bridgehead atoms. The summed E-state index contributed by atoms with van der Waals surface area (Å²) in [6.07, 6.45) is 10.6. The predicted octanol–water partition coefficient (Wildman–Crippen LogP) is 4.04. The number of hydrogen-bond acceptors (Lipinski definition) is 3. The molecule has 4 heteroatoms. The summed E-state index contributed by atoms with van der Waals surface area (Å²) >= 11 is 0. The van der Waals surface area contributed by atoms with Crippen LogP contribution in [-0.4, -0.2) is 16.2 Å². The standard InChI is InChI=1S/C15H21NO3/c17-15(18)19-14-11-13(9-10-16-14)8-4-3-7-12-5-1-2-6-12/h9-12H,1-8H2,(H,17,18). The van der Waals surface area contributed by atoms with Gasteiger partial charge in [-0.1, -0.05) is 38.5 Å². The zero-order valence-electron chi connectivity index (χ0n) is 11.2. The number of carboxylic acid groups (broad SMARTS) is 1. The Balaban J connectivity index is 1.71. The molecule has 0 aromatic carbocycles. The van der Waals surface area contributed by atoms with Crippen molar-refractivity contribution in [3.63, 3.8) is 0 Å². The number of aryl methyl sites for hydroxylation is 1. The van der Waals surface area contributed by atoms with E-state index in [2.05, 4.69) is 9.72 Å². The molecule has 1 aliphatic rings. The van der Waals surface area contributed by atoms with Crippen LogP contribution in [0.2, 0.25) is 0 Å². The Bertz CT molecular complexity index is 414. The molecule has 4 nitrogen and oxygen atoms in total. The molecule has 0 unspecified atom stereocenters. The normalized spacial score (nSPS) is 15.6. The Hall–Kier alpha value is -1.58. The van der Waals surface area contributed by atoms with Gasteiger partial charge in [0.1, 0.15) is 0 Å². The lowest BCUT2D eigenvalue weighted by Gasteiger charge is -2.08. The average molecular weight is 263 g/mol. The third-order valence-electron chi connectivity index (χ3n) is 3.79. The molecule has 1 heterocycles. The highest BCUT2D eigenvalue weighted by Crippen LogP contribution is 2.29. The van der Waals surface area contributed by atoms with E-state index in [-0.39, 0.29) is 5.88 Å². The second-order valence-corrected chi connectivity index (χ2v) is 5.27. The van der Waals surface area contributed by atoms with Crippen molar-refractivity contribution < 1.29 is 14.6 Å². The number of ether oxygens (including phenoxy) is 1. The summed E-state index contributed by atoms with van der Waals surface area (Å²) in [4.78, 5) is 14.3. The van der Waals surface area contributed by atoms with Crippen molar-refractivity contribution in [1.29, 1.82) is 0 Å².